The molecule has 2 aromatic rings. The standard InChI is InChI=1S/C12H13ClN2O2/c1-7-4-11(16-3)9(13)5-8(7)10-6-17-12(14-2)15-10/h4-6H,1-3H3,(H,14,15). The molecule has 4 nitrogen and oxygen atoms in total. The highest BCUT2D eigenvalue weighted by molar-refractivity contribution is 6.32. The summed E-state index contributed by atoms with van der Waals surface area (Å²) >= 11 is 6.09. The van der Waals surface area contributed by atoms with Crippen LogP contribution in [0.2, 0.25) is 5.02 Å². The lowest BCUT2D eigenvalue weighted by atomic mass is 10.1. The Bertz CT molecular complexity index is 537. The van der Waals surface area contributed by atoms with E-state index in [0.29, 0.717) is 16.8 Å². The predicted molar refractivity (Wildman–Crippen MR) is 67.8 cm³/mol. The minimum absolute atomic E-state index is 0.478. The molecule has 0 saturated heterocycles. The topological polar surface area (TPSA) is 47.3 Å². The maximum atomic E-state index is 6.09. The van der Waals surface area contributed by atoms with E-state index in [1.807, 2.05) is 19.1 Å². The Morgan fingerprint density at radius 3 is 2.76 bits per heavy atom. The van der Waals surface area contributed by atoms with Crippen molar-refractivity contribution in [3.8, 4) is 17.0 Å². The smallest absolute Gasteiger partial charge is 0.294 e. The number of ether oxygens (including phenoxy) is 1. The van der Waals surface area contributed by atoms with Crippen LogP contribution in [0.1, 0.15) is 5.56 Å². The Kier molecular flexibility index (Phi) is 3.24. The molecule has 1 N–H and O–H groups in total. The summed E-state index contributed by atoms with van der Waals surface area (Å²) in [6.45, 7) is 1.97. The Balaban J connectivity index is 2.48. The highest BCUT2D eigenvalue weighted by atomic mass is 35.5. The van der Waals surface area contributed by atoms with Gasteiger partial charge in [0.05, 0.1) is 12.1 Å². The molecule has 0 radical (unpaired) electrons. The van der Waals surface area contributed by atoms with Gasteiger partial charge in [-0.05, 0) is 24.6 Å². The number of nitrogens with one attached hydrogen (secondary N) is 1. The summed E-state index contributed by atoms with van der Waals surface area (Å²) in [5.74, 6) is 0.658. The van der Waals surface area contributed by atoms with Gasteiger partial charge in [0, 0.05) is 12.6 Å². The third-order valence-electron chi connectivity index (χ3n) is 2.49. The fourth-order valence-corrected chi connectivity index (χ4v) is 1.84. The number of oxazole rings is 1. The molecular weight excluding hydrogens is 240 g/mol. The number of benzene rings is 1. The van der Waals surface area contributed by atoms with Crippen molar-refractivity contribution in [1.29, 1.82) is 0 Å². The van der Waals surface area contributed by atoms with Crippen LogP contribution in [-0.4, -0.2) is 19.1 Å². The second-order valence-electron chi connectivity index (χ2n) is 3.59. The molecule has 0 atom stereocenters. The number of hydrogen-bond donors (Lipinski definition) is 1. The van der Waals surface area contributed by atoms with E-state index in [0.717, 1.165) is 16.8 Å². The molecule has 1 aromatic heterocycles. The summed E-state index contributed by atoms with van der Waals surface area (Å²) in [5, 5.41) is 3.40. The van der Waals surface area contributed by atoms with E-state index in [1.54, 1.807) is 20.4 Å². The normalized spacial score (nSPS) is 10.4. The molecule has 5 heteroatoms. The number of anilines is 1. The Labute approximate surface area is 105 Å². The van der Waals surface area contributed by atoms with Crippen LogP contribution in [0.4, 0.5) is 6.01 Å². The molecule has 2 rings (SSSR count). The highest BCUT2D eigenvalue weighted by Crippen LogP contribution is 2.33. The molecule has 0 spiro atoms. The lowest BCUT2D eigenvalue weighted by Crippen LogP contribution is -1.90. The first-order valence-electron chi connectivity index (χ1n) is 5.13. The summed E-state index contributed by atoms with van der Waals surface area (Å²) in [4.78, 5) is 4.28. The van der Waals surface area contributed by atoms with Crippen molar-refractivity contribution in [3.63, 3.8) is 0 Å². The van der Waals surface area contributed by atoms with Crippen LogP contribution in [0, 0.1) is 6.92 Å². The van der Waals surface area contributed by atoms with Gasteiger partial charge in [-0.3, -0.25) is 0 Å². The summed E-state index contributed by atoms with van der Waals surface area (Å²) in [6.07, 6.45) is 1.59. The van der Waals surface area contributed by atoms with Crippen molar-refractivity contribution in [1.82, 2.24) is 4.98 Å². The fourth-order valence-electron chi connectivity index (χ4n) is 1.60. The monoisotopic (exact) mass is 252 g/mol. The zero-order valence-corrected chi connectivity index (χ0v) is 10.6. The van der Waals surface area contributed by atoms with Crippen LogP contribution in [0.25, 0.3) is 11.3 Å². The molecular formula is C12H13ClN2O2. The highest BCUT2D eigenvalue weighted by Gasteiger charge is 2.11. The van der Waals surface area contributed by atoms with E-state index in [1.165, 1.54) is 0 Å². The van der Waals surface area contributed by atoms with E-state index in [-0.39, 0.29) is 0 Å². The molecule has 17 heavy (non-hydrogen) atoms. The van der Waals surface area contributed by atoms with E-state index < -0.39 is 0 Å². The zero-order valence-electron chi connectivity index (χ0n) is 9.87. The first kappa shape index (κ1) is 11.8. The number of hydrogen-bond acceptors (Lipinski definition) is 4. The SMILES string of the molecule is CNc1nc(-c2cc(Cl)c(OC)cc2C)co1. The van der Waals surface area contributed by atoms with E-state index in [2.05, 4.69) is 10.3 Å². The van der Waals surface area contributed by atoms with E-state index in [9.17, 15) is 0 Å². The molecule has 0 bridgehead atoms. The summed E-state index contributed by atoms with van der Waals surface area (Å²) in [6, 6.07) is 4.18. The van der Waals surface area contributed by atoms with Crippen molar-refractivity contribution < 1.29 is 9.15 Å². The molecule has 0 aliphatic carbocycles. The largest absolute Gasteiger partial charge is 0.495 e. The van der Waals surface area contributed by atoms with Crippen molar-refractivity contribution in [2.45, 2.75) is 6.92 Å². The van der Waals surface area contributed by atoms with Gasteiger partial charge in [0.25, 0.3) is 6.01 Å². The number of halogens is 1. The molecule has 0 unspecified atom stereocenters. The minimum atomic E-state index is 0.478. The van der Waals surface area contributed by atoms with Crippen molar-refractivity contribution in [3.05, 3.63) is 29.0 Å². The third kappa shape index (κ3) is 2.22. The average Bonchev–Trinajstić information content (AvgIpc) is 2.80. The molecule has 1 aromatic carbocycles. The predicted octanol–water partition coefficient (Wildman–Crippen LogP) is 3.35. The third-order valence-corrected chi connectivity index (χ3v) is 2.79. The summed E-state index contributed by atoms with van der Waals surface area (Å²) in [7, 11) is 3.35. The lowest BCUT2D eigenvalue weighted by Gasteiger charge is -2.07. The minimum Gasteiger partial charge on any atom is -0.495 e. The van der Waals surface area contributed by atoms with Gasteiger partial charge >= 0.3 is 0 Å². The molecule has 0 amide bonds. The van der Waals surface area contributed by atoms with Crippen LogP contribution in [0.3, 0.4) is 0 Å². The summed E-state index contributed by atoms with van der Waals surface area (Å²) in [5.41, 5.74) is 2.71. The van der Waals surface area contributed by atoms with Gasteiger partial charge in [0.2, 0.25) is 0 Å². The van der Waals surface area contributed by atoms with Gasteiger partial charge in [-0.2, -0.15) is 4.98 Å². The Morgan fingerprint density at radius 1 is 1.41 bits per heavy atom. The number of aryl methyl sites for hydroxylation is 1. The van der Waals surface area contributed by atoms with Crippen LogP contribution >= 0.6 is 11.6 Å². The second kappa shape index (κ2) is 4.67. The van der Waals surface area contributed by atoms with Crippen LogP contribution in [0.5, 0.6) is 5.75 Å². The van der Waals surface area contributed by atoms with Crippen molar-refractivity contribution in [2.75, 3.05) is 19.5 Å². The maximum Gasteiger partial charge on any atom is 0.294 e. The van der Waals surface area contributed by atoms with Gasteiger partial charge in [0.15, 0.2) is 0 Å². The number of rotatable bonds is 3. The summed E-state index contributed by atoms with van der Waals surface area (Å²) < 4.78 is 10.4. The van der Waals surface area contributed by atoms with Crippen molar-refractivity contribution >= 4 is 17.6 Å². The first-order chi connectivity index (χ1) is 8.15. The van der Waals surface area contributed by atoms with Gasteiger partial charge in [-0.25, -0.2) is 0 Å². The lowest BCUT2D eigenvalue weighted by molar-refractivity contribution is 0.415. The first-order valence-corrected chi connectivity index (χ1v) is 5.51. The zero-order chi connectivity index (χ0) is 12.4. The van der Waals surface area contributed by atoms with Gasteiger partial charge in [0.1, 0.15) is 17.7 Å². The van der Waals surface area contributed by atoms with E-state index >= 15 is 0 Å². The quantitative estimate of drug-likeness (QED) is 0.910. The average molecular weight is 253 g/mol. The molecule has 0 aliphatic heterocycles. The van der Waals surface area contributed by atoms with Crippen LogP contribution in [0.15, 0.2) is 22.8 Å². The van der Waals surface area contributed by atoms with Crippen LogP contribution in [-0.2, 0) is 0 Å². The Hall–Kier alpha value is -1.68. The molecule has 1 heterocycles. The number of methoxy groups -OCH3 is 1. The number of nitrogens with zero attached hydrogens (tertiary/aromatic N) is 1. The molecule has 90 valence electrons. The number of aromatic nitrogens is 1. The molecule has 0 aliphatic rings. The molecule has 0 saturated carbocycles. The van der Waals surface area contributed by atoms with E-state index in [4.69, 9.17) is 20.8 Å². The van der Waals surface area contributed by atoms with Gasteiger partial charge < -0.3 is 14.5 Å². The van der Waals surface area contributed by atoms with Crippen LogP contribution < -0.4 is 10.1 Å². The van der Waals surface area contributed by atoms with Gasteiger partial charge in [-0.1, -0.05) is 11.6 Å². The van der Waals surface area contributed by atoms with Gasteiger partial charge in [-0.15, -0.1) is 0 Å². The Morgan fingerprint density at radius 2 is 2.18 bits per heavy atom. The fraction of sp³-hybridized carbons (Fsp3) is 0.250. The second-order valence-corrected chi connectivity index (χ2v) is 4.00. The van der Waals surface area contributed by atoms with Crippen molar-refractivity contribution in [2.24, 2.45) is 0 Å². The maximum absolute atomic E-state index is 6.09. The molecule has 0 fully saturated rings.